The molecular formula is C10H12BNO3. The van der Waals surface area contributed by atoms with E-state index in [1.807, 2.05) is 0 Å². The Morgan fingerprint density at radius 3 is 2.60 bits per heavy atom. The average Bonchev–Trinajstić information content (AvgIpc) is 3.01. The molecule has 3 N–H and O–H groups in total. The Bertz CT molecular complexity index is 377. The van der Waals surface area contributed by atoms with Gasteiger partial charge in [-0.2, -0.15) is 0 Å². The molecule has 1 aliphatic rings. The minimum absolute atomic E-state index is 0.235. The molecule has 78 valence electrons. The summed E-state index contributed by atoms with van der Waals surface area (Å²) in [7, 11) is -1.61. The first-order valence-corrected chi connectivity index (χ1v) is 4.94. The van der Waals surface area contributed by atoms with Gasteiger partial charge in [0.15, 0.2) is 0 Å². The fraction of sp³-hybridized carbons (Fsp3) is 0.300. The van der Waals surface area contributed by atoms with Crippen molar-refractivity contribution in [1.29, 1.82) is 0 Å². The van der Waals surface area contributed by atoms with E-state index in [-0.39, 0.29) is 17.4 Å². The number of hydrogen-bond acceptors (Lipinski definition) is 3. The van der Waals surface area contributed by atoms with Gasteiger partial charge in [0.2, 0.25) is 0 Å². The van der Waals surface area contributed by atoms with Gasteiger partial charge >= 0.3 is 7.12 Å². The van der Waals surface area contributed by atoms with Crippen LogP contribution in [0.1, 0.15) is 23.2 Å². The van der Waals surface area contributed by atoms with Gasteiger partial charge in [-0.3, -0.25) is 4.79 Å². The highest BCUT2D eigenvalue weighted by molar-refractivity contribution is 6.60. The van der Waals surface area contributed by atoms with Gasteiger partial charge in [0.05, 0.1) is 0 Å². The maximum Gasteiger partial charge on any atom is 0.489 e. The standard InChI is InChI=1S/C10H12BNO3/c13-10(12-7-5-6-7)8-3-1-2-4-9(8)11(14)15/h1-4,7,14-15H,5-6H2,(H,12,13). The summed E-state index contributed by atoms with van der Waals surface area (Å²) in [5.74, 6) is -0.235. The molecule has 1 aliphatic carbocycles. The molecule has 0 unspecified atom stereocenters. The number of amides is 1. The predicted octanol–water partition coefficient (Wildman–Crippen LogP) is -0.741. The number of carbonyl (C=O) groups is 1. The quantitative estimate of drug-likeness (QED) is 0.569. The molecule has 0 atom stereocenters. The Kier molecular flexibility index (Phi) is 2.75. The number of carbonyl (C=O) groups excluding carboxylic acids is 1. The zero-order valence-corrected chi connectivity index (χ0v) is 8.18. The molecule has 0 aromatic heterocycles. The van der Waals surface area contributed by atoms with Crippen LogP contribution in [0, 0.1) is 0 Å². The molecule has 0 spiro atoms. The lowest BCUT2D eigenvalue weighted by Crippen LogP contribution is -2.38. The highest BCUT2D eigenvalue weighted by Crippen LogP contribution is 2.19. The predicted molar refractivity (Wildman–Crippen MR) is 56.8 cm³/mol. The molecule has 15 heavy (non-hydrogen) atoms. The fourth-order valence-corrected chi connectivity index (χ4v) is 1.42. The lowest BCUT2D eigenvalue weighted by atomic mass is 9.77. The first-order valence-electron chi connectivity index (χ1n) is 4.94. The number of rotatable bonds is 3. The maximum absolute atomic E-state index is 11.7. The van der Waals surface area contributed by atoms with Gasteiger partial charge < -0.3 is 15.4 Å². The molecule has 0 bridgehead atoms. The van der Waals surface area contributed by atoms with Crippen molar-refractivity contribution in [3.8, 4) is 0 Å². The third-order valence-electron chi connectivity index (χ3n) is 2.40. The van der Waals surface area contributed by atoms with Crippen LogP contribution in [0.25, 0.3) is 0 Å². The molecule has 1 amide bonds. The van der Waals surface area contributed by atoms with Gasteiger partial charge in [0, 0.05) is 11.6 Å². The van der Waals surface area contributed by atoms with E-state index >= 15 is 0 Å². The highest BCUT2D eigenvalue weighted by atomic mass is 16.4. The number of benzene rings is 1. The second-order valence-electron chi connectivity index (χ2n) is 3.71. The van der Waals surface area contributed by atoms with Crippen LogP contribution in [0.2, 0.25) is 0 Å². The molecule has 1 aromatic rings. The first-order chi connectivity index (χ1) is 7.18. The zero-order valence-electron chi connectivity index (χ0n) is 8.18. The van der Waals surface area contributed by atoms with Crippen molar-refractivity contribution in [2.24, 2.45) is 0 Å². The van der Waals surface area contributed by atoms with Crippen LogP contribution >= 0.6 is 0 Å². The molecular weight excluding hydrogens is 193 g/mol. The third kappa shape index (κ3) is 2.37. The van der Waals surface area contributed by atoms with Crippen molar-refractivity contribution in [3.05, 3.63) is 29.8 Å². The SMILES string of the molecule is O=C(NC1CC1)c1ccccc1B(O)O. The van der Waals surface area contributed by atoms with Crippen LogP contribution in [-0.4, -0.2) is 29.1 Å². The fourth-order valence-electron chi connectivity index (χ4n) is 1.42. The van der Waals surface area contributed by atoms with Crippen LogP contribution in [0.15, 0.2) is 24.3 Å². The van der Waals surface area contributed by atoms with Gasteiger partial charge in [-0.1, -0.05) is 18.2 Å². The molecule has 0 heterocycles. The van der Waals surface area contributed by atoms with Crippen molar-refractivity contribution < 1.29 is 14.8 Å². The van der Waals surface area contributed by atoms with Crippen molar-refractivity contribution >= 4 is 18.5 Å². The third-order valence-corrected chi connectivity index (χ3v) is 2.40. The van der Waals surface area contributed by atoms with E-state index in [9.17, 15) is 4.79 Å². The highest BCUT2D eigenvalue weighted by Gasteiger charge is 2.26. The van der Waals surface area contributed by atoms with Gasteiger partial charge in [-0.05, 0) is 24.4 Å². The largest absolute Gasteiger partial charge is 0.489 e. The Balaban J connectivity index is 2.21. The Morgan fingerprint density at radius 2 is 2.00 bits per heavy atom. The second kappa shape index (κ2) is 4.04. The Hall–Kier alpha value is -1.33. The minimum atomic E-state index is -1.61. The van der Waals surface area contributed by atoms with Crippen molar-refractivity contribution in [2.45, 2.75) is 18.9 Å². The summed E-state index contributed by atoms with van der Waals surface area (Å²) in [6.45, 7) is 0. The van der Waals surface area contributed by atoms with E-state index < -0.39 is 7.12 Å². The van der Waals surface area contributed by atoms with E-state index in [0.29, 0.717) is 5.56 Å². The molecule has 4 nitrogen and oxygen atoms in total. The van der Waals surface area contributed by atoms with E-state index in [1.54, 1.807) is 18.2 Å². The summed E-state index contributed by atoms with van der Waals surface area (Å²) in [6.07, 6.45) is 2.02. The number of nitrogens with one attached hydrogen (secondary N) is 1. The van der Waals surface area contributed by atoms with Crippen LogP contribution in [-0.2, 0) is 0 Å². The maximum atomic E-state index is 11.7. The van der Waals surface area contributed by atoms with Crippen LogP contribution in [0.3, 0.4) is 0 Å². The van der Waals surface area contributed by atoms with Crippen molar-refractivity contribution in [2.75, 3.05) is 0 Å². The van der Waals surface area contributed by atoms with Gasteiger partial charge in [-0.25, -0.2) is 0 Å². The summed E-state index contributed by atoms with van der Waals surface area (Å²) in [6, 6.07) is 6.76. The summed E-state index contributed by atoms with van der Waals surface area (Å²) < 4.78 is 0. The van der Waals surface area contributed by atoms with Gasteiger partial charge in [0.25, 0.3) is 5.91 Å². The molecule has 0 radical (unpaired) electrons. The van der Waals surface area contributed by atoms with Gasteiger partial charge in [0.1, 0.15) is 0 Å². The smallest absolute Gasteiger partial charge is 0.423 e. The molecule has 2 rings (SSSR count). The normalized spacial score (nSPS) is 14.8. The molecule has 0 saturated heterocycles. The Morgan fingerprint density at radius 1 is 1.33 bits per heavy atom. The van der Waals surface area contributed by atoms with Crippen LogP contribution in [0.5, 0.6) is 0 Å². The summed E-state index contributed by atoms with van der Waals surface area (Å²) in [5.41, 5.74) is 0.579. The molecule has 1 fully saturated rings. The van der Waals surface area contributed by atoms with Crippen molar-refractivity contribution in [1.82, 2.24) is 5.32 Å². The molecule has 1 aromatic carbocycles. The second-order valence-corrected chi connectivity index (χ2v) is 3.71. The van der Waals surface area contributed by atoms with E-state index in [0.717, 1.165) is 12.8 Å². The number of hydrogen-bond donors (Lipinski definition) is 3. The van der Waals surface area contributed by atoms with Crippen molar-refractivity contribution in [3.63, 3.8) is 0 Å². The molecule has 1 saturated carbocycles. The topological polar surface area (TPSA) is 69.6 Å². The monoisotopic (exact) mass is 205 g/mol. The first kappa shape index (κ1) is 10.2. The Labute approximate surface area is 88.1 Å². The molecule has 5 heteroatoms. The molecule has 0 aliphatic heterocycles. The zero-order chi connectivity index (χ0) is 10.8. The summed E-state index contributed by atoms with van der Waals surface area (Å²) >= 11 is 0. The lowest BCUT2D eigenvalue weighted by Gasteiger charge is -2.08. The van der Waals surface area contributed by atoms with Gasteiger partial charge in [-0.15, -0.1) is 0 Å². The van der Waals surface area contributed by atoms with E-state index in [4.69, 9.17) is 10.0 Å². The van der Waals surface area contributed by atoms with Crippen LogP contribution in [0.4, 0.5) is 0 Å². The van der Waals surface area contributed by atoms with E-state index in [2.05, 4.69) is 5.32 Å². The van der Waals surface area contributed by atoms with E-state index in [1.165, 1.54) is 6.07 Å². The summed E-state index contributed by atoms with van der Waals surface area (Å²) in [4.78, 5) is 11.7. The summed E-state index contributed by atoms with van der Waals surface area (Å²) in [5, 5.41) is 21.0. The minimum Gasteiger partial charge on any atom is -0.423 e. The average molecular weight is 205 g/mol. The lowest BCUT2D eigenvalue weighted by molar-refractivity contribution is 0.0951. The van der Waals surface area contributed by atoms with Crippen LogP contribution < -0.4 is 10.8 Å².